The van der Waals surface area contributed by atoms with Gasteiger partial charge in [-0.1, -0.05) is 18.2 Å². The lowest BCUT2D eigenvalue weighted by Crippen LogP contribution is -2.37. The molecule has 26 heavy (non-hydrogen) atoms. The van der Waals surface area contributed by atoms with Gasteiger partial charge in [0.1, 0.15) is 0 Å². The Hall–Kier alpha value is -3.42. The molecule has 0 fully saturated rings. The third-order valence-electron chi connectivity index (χ3n) is 4.10. The molecule has 0 saturated carbocycles. The maximum atomic E-state index is 12.4. The van der Waals surface area contributed by atoms with Crippen molar-refractivity contribution in [3.05, 3.63) is 80.9 Å². The number of hydrogen-bond donors (Lipinski definition) is 1. The van der Waals surface area contributed by atoms with E-state index < -0.39 is 11.2 Å². The van der Waals surface area contributed by atoms with Crippen molar-refractivity contribution in [2.75, 3.05) is 7.05 Å². The molecule has 0 saturated heterocycles. The SMILES string of the molecule is CN(Cc1cnn(-c2ccccc2)c1)C(=O)Cc1c[nH]c(=O)n(C)c1=O. The maximum absolute atomic E-state index is 12.4. The van der Waals surface area contributed by atoms with E-state index in [0.717, 1.165) is 15.8 Å². The van der Waals surface area contributed by atoms with Crippen LogP contribution in [0.4, 0.5) is 0 Å². The van der Waals surface area contributed by atoms with E-state index in [1.54, 1.807) is 17.9 Å². The number of aromatic amines is 1. The van der Waals surface area contributed by atoms with Gasteiger partial charge in [0.05, 0.1) is 18.3 Å². The second-order valence-electron chi connectivity index (χ2n) is 6.04. The monoisotopic (exact) mass is 353 g/mol. The Balaban J connectivity index is 1.69. The maximum Gasteiger partial charge on any atom is 0.328 e. The van der Waals surface area contributed by atoms with Gasteiger partial charge in [-0.05, 0) is 12.1 Å². The van der Waals surface area contributed by atoms with Gasteiger partial charge in [-0.25, -0.2) is 9.48 Å². The van der Waals surface area contributed by atoms with Crippen LogP contribution in [0.1, 0.15) is 11.1 Å². The number of para-hydroxylation sites is 1. The van der Waals surface area contributed by atoms with Gasteiger partial charge in [0.15, 0.2) is 0 Å². The first kappa shape index (κ1) is 17.4. The lowest BCUT2D eigenvalue weighted by atomic mass is 10.2. The van der Waals surface area contributed by atoms with Crippen LogP contribution in [0.5, 0.6) is 0 Å². The van der Waals surface area contributed by atoms with E-state index in [1.807, 2.05) is 36.5 Å². The van der Waals surface area contributed by atoms with Crippen molar-refractivity contribution in [1.82, 2.24) is 24.2 Å². The number of rotatable bonds is 5. The molecule has 3 aromatic rings. The predicted octanol–water partition coefficient (Wildman–Crippen LogP) is 0.460. The molecule has 0 aliphatic carbocycles. The first-order valence-corrected chi connectivity index (χ1v) is 8.06. The topological polar surface area (TPSA) is 93.0 Å². The van der Waals surface area contributed by atoms with Crippen LogP contribution in [0.3, 0.4) is 0 Å². The van der Waals surface area contributed by atoms with Crippen LogP contribution in [-0.4, -0.2) is 37.2 Å². The third-order valence-corrected chi connectivity index (χ3v) is 4.10. The van der Waals surface area contributed by atoms with E-state index in [9.17, 15) is 14.4 Å². The number of likely N-dealkylation sites (N-methyl/N-ethyl adjacent to an activating group) is 1. The molecule has 0 unspecified atom stereocenters. The summed E-state index contributed by atoms with van der Waals surface area (Å²) in [5, 5.41) is 4.30. The molecule has 3 rings (SSSR count). The lowest BCUT2D eigenvalue weighted by molar-refractivity contribution is -0.129. The molecular weight excluding hydrogens is 334 g/mol. The summed E-state index contributed by atoms with van der Waals surface area (Å²) in [6.45, 7) is 0.370. The number of benzene rings is 1. The smallest absolute Gasteiger partial charge is 0.328 e. The first-order chi connectivity index (χ1) is 12.5. The van der Waals surface area contributed by atoms with Gasteiger partial charge >= 0.3 is 5.69 Å². The molecule has 1 amide bonds. The van der Waals surface area contributed by atoms with E-state index in [-0.39, 0.29) is 17.9 Å². The van der Waals surface area contributed by atoms with Gasteiger partial charge in [-0.3, -0.25) is 14.2 Å². The van der Waals surface area contributed by atoms with Crippen LogP contribution in [0.25, 0.3) is 5.69 Å². The minimum atomic E-state index is -0.507. The zero-order valence-electron chi connectivity index (χ0n) is 14.5. The molecule has 0 radical (unpaired) electrons. The second-order valence-corrected chi connectivity index (χ2v) is 6.04. The summed E-state index contributed by atoms with van der Waals surface area (Å²) in [5.41, 5.74) is 1.09. The van der Waals surface area contributed by atoms with Gasteiger partial charge in [-0.2, -0.15) is 5.10 Å². The molecule has 0 aliphatic rings. The van der Waals surface area contributed by atoms with Gasteiger partial charge in [0.25, 0.3) is 5.56 Å². The molecule has 0 bridgehead atoms. The Morgan fingerprint density at radius 2 is 1.96 bits per heavy atom. The summed E-state index contributed by atoms with van der Waals surface area (Å²) in [4.78, 5) is 39.8. The van der Waals surface area contributed by atoms with Crippen molar-refractivity contribution in [1.29, 1.82) is 0 Å². The number of nitrogens with one attached hydrogen (secondary N) is 1. The summed E-state index contributed by atoms with van der Waals surface area (Å²) in [7, 11) is 3.04. The van der Waals surface area contributed by atoms with Crippen LogP contribution >= 0.6 is 0 Å². The molecule has 2 aromatic heterocycles. The predicted molar refractivity (Wildman–Crippen MR) is 96.0 cm³/mol. The summed E-state index contributed by atoms with van der Waals surface area (Å²) >= 11 is 0. The molecule has 134 valence electrons. The Kier molecular flexibility index (Phi) is 4.83. The summed E-state index contributed by atoms with van der Waals surface area (Å²) < 4.78 is 2.69. The van der Waals surface area contributed by atoms with Crippen molar-refractivity contribution in [2.45, 2.75) is 13.0 Å². The highest BCUT2D eigenvalue weighted by Crippen LogP contribution is 2.09. The molecule has 0 aliphatic heterocycles. The standard InChI is InChI=1S/C18H19N5O3/c1-21(16(24)8-14-10-19-18(26)22(2)17(14)25)11-13-9-20-23(12-13)15-6-4-3-5-7-15/h3-7,9-10,12H,8,11H2,1-2H3,(H,19,26). The molecule has 1 N–H and O–H groups in total. The fourth-order valence-electron chi connectivity index (χ4n) is 2.57. The first-order valence-electron chi connectivity index (χ1n) is 8.06. The van der Waals surface area contributed by atoms with Gasteiger partial charge in [-0.15, -0.1) is 0 Å². The molecular formula is C18H19N5O3. The molecule has 0 spiro atoms. The summed E-state index contributed by atoms with van der Waals surface area (Å²) in [6.07, 6.45) is 4.78. The van der Waals surface area contributed by atoms with Crippen molar-refractivity contribution >= 4 is 5.91 Å². The van der Waals surface area contributed by atoms with E-state index in [2.05, 4.69) is 10.1 Å². The second kappa shape index (κ2) is 7.22. The summed E-state index contributed by atoms with van der Waals surface area (Å²) in [5.74, 6) is -0.221. The highest BCUT2D eigenvalue weighted by molar-refractivity contribution is 5.78. The van der Waals surface area contributed by atoms with Gasteiger partial charge in [0.2, 0.25) is 5.91 Å². The van der Waals surface area contributed by atoms with Gasteiger partial charge in [0, 0.05) is 44.2 Å². The average molecular weight is 353 g/mol. The number of carbonyl (C=O) groups excluding carboxylic acids is 1. The largest absolute Gasteiger partial charge is 0.341 e. The Labute approximate surface area is 149 Å². The average Bonchev–Trinajstić information content (AvgIpc) is 3.11. The van der Waals surface area contributed by atoms with Crippen molar-refractivity contribution in [3.63, 3.8) is 0 Å². The number of carbonyl (C=O) groups is 1. The van der Waals surface area contributed by atoms with Crippen LogP contribution in [0, 0.1) is 0 Å². The van der Waals surface area contributed by atoms with Crippen LogP contribution < -0.4 is 11.2 Å². The number of nitrogens with zero attached hydrogens (tertiary/aromatic N) is 4. The van der Waals surface area contributed by atoms with Gasteiger partial charge < -0.3 is 9.88 Å². The van der Waals surface area contributed by atoms with Crippen molar-refractivity contribution in [2.24, 2.45) is 7.05 Å². The van der Waals surface area contributed by atoms with Crippen LogP contribution in [0.2, 0.25) is 0 Å². The third kappa shape index (κ3) is 3.64. The Morgan fingerprint density at radius 1 is 1.23 bits per heavy atom. The zero-order chi connectivity index (χ0) is 18.7. The fraction of sp³-hybridized carbons (Fsp3) is 0.222. The molecule has 2 heterocycles. The molecule has 0 atom stereocenters. The highest BCUT2D eigenvalue weighted by atomic mass is 16.2. The molecule has 8 nitrogen and oxygen atoms in total. The van der Waals surface area contributed by atoms with Crippen LogP contribution in [0.15, 0.2) is 58.5 Å². The van der Waals surface area contributed by atoms with Crippen molar-refractivity contribution < 1.29 is 4.79 Å². The minimum absolute atomic E-state index is 0.0766. The normalized spacial score (nSPS) is 10.7. The highest BCUT2D eigenvalue weighted by Gasteiger charge is 2.14. The van der Waals surface area contributed by atoms with E-state index in [4.69, 9.17) is 0 Å². The van der Waals surface area contributed by atoms with E-state index >= 15 is 0 Å². The van der Waals surface area contributed by atoms with Crippen molar-refractivity contribution in [3.8, 4) is 5.69 Å². The Morgan fingerprint density at radius 3 is 2.69 bits per heavy atom. The lowest BCUT2D eigenvalue weighted by Gasteiger charge is -2.16. The molecule has 8 heteroatoms. The summed E-state index contributed by atoms with van der Waals surface area (Å²) in [6, 6.07) is 9.67. The Bertz CT molecular complexity index is 1030. The number of hydrogen-bond acceptors (Lipinski definition) is 4. The minimum Gasteiger partial charge on any atom is -0.341 e. The molecule has 1 aromatic carbocycles. The zero-order valence-corrected chi connectivity index (χ0v) is 14.5. The number of H-pyrrole nitrogens is 1. The number of amides is 1. The van der Waals surface area contributed by atoms with E-state index in [1.165, 1.54) is 18.1 Å². The quantitative estimate of drug-likeness (QED) is 0.721. The number of aromatic nitrogens is 4. The fourth-order valence-corrected chi connectivity index (χ4v) is 2.57. The van der Waals surface area contributed by atoms with E-state index in [0.29, 0.717) is 6.54 Å². The van der Waals surface area contributed by atoms with Crippen LogP contribution in [-0.2, 0) is 24.8 Å².